The van der Waals surface area contributed by atoms with Gasteiger partial charge in [-0.2, -0.15) is 0 Å². The van der Waals surface area contributed by atoms with Gasteiger partial charge in [-0.1, -0.05) is 0 Å². The lowest BCUT2D eigenvalue weighted by Crippen LogP contribution is -2.06. The van der Waals surface area contributed by atoms with Crippen molar-refractivity contribution in [2.24, 2.45) is 0 Å². The maximum Gasteiger partial charge on any atom is 0.310 e. The van der Waals surface area contributed by atoms with Crippen molar-refractivity contribution >= 4 is 16.9 Å². The molecule has 0 bridgehead atoms. The fourth-order valence-corrected chi connectivity index (χ4v) is 1.74. The third kappa shape index (κ3) is 2.41. The number of carbonyl (C=O) groups is 1. The zero-order valence-electron chi connectivity index (χ0n) is 12.4. The number of H-pyrrole nitrogens is 1. The van der Waals surface area contributed by atoms with Crippen molar-refractivity contribution in [2.45, 2.75) is 13.3 Å². The van der Waals surface area contributed by atoms with E-state index in [0.717, 1.165) is 10.9 Å². The van der Waals surface area contributed by atoms with Gasteiger partial charge in [0.1, 0.15) is 5.75 Å². The minimum absolute atomic E-state index is 0.174. The van der Waals surface area contributed by atoms with Crippen LogP contribution in [0.2, 0.25) is 0 Å². The number of hydrogen-bond acceptors (Lipinski definition) is 3. The number of rotatable bonds is 4. The van der Waals surface area contributed by atoms with Gasteiger partial charge in [0.05, 0.1) is 24.2 Å². The molecule has 0 radical (unpaired) electrons. The maximum absolute atomic E-state index is 11.5. The number of nitrogens with one attached hydrogen (secondary N) is 1. The van der Waals surface area contributed by atoms with Crippen molar-refractivity contribution in [2.75, 3.05) is 13.6 Å². The lowest BCUT2D eigenvalue weighted by molar-refractivity contribution is -0.142. The minimum Gasteiger partial charge on any atom is -0.497 e. The summed E-state index contributed by atoms with van der Waals surface area (Å²) in [6.07, 6.45) is 1.88. The van der Waals surface area contributed by atoms with E-state index in [-0.39, 0.29) is 18.1 Å². The first kappa shape index (κ1) is 8.17. The SMILES string of the molecule is [2H]C([2H])([2H])Oc1ccc2c(CC(=O)OCC)c[nH]c2c1. The average Bonchev–Trinajstić information content (AvgIpc) is 2.70. The molecule has 0 saturated heterocycles. The summed E-state index contributed by atoms with van der Waals surface area (Å²) in [5, 5.41) is 0.843. The number of methoxy groups -OCH3 is 1. The Kier molecular flexibility index (Phi) is 2.36. The van der Waals surface area contributed by atoms with Gasteiger partial charge in [0.25, 0.3) is 0 Å². The first-order valence-corrected chi connectivity index (χ1v) is 5.33. The van der Waals surface area contributed by atoms with Gasteiger partial charge in [0.2, 0.25) is 0 Å². The molecule has 0 aliphatic carbocycles. The highest BCUT2D eigenvalue weighted by molar-refractivity contribution is 5.88. The molecule has 4 nitrogen and oxygen atoms in total. The molecule has 0 fully saturated rings. The van der Waals surface area contributed by atoms with E-state index in [1.54, 1.807) is 31.3 Å². The van der Waals surface area contributed by atoms with Crippen LogP contribution in [0.3, 0.4) is 0 Å². The molecule has 0 aliphatic heterocycles. The molecule has 2 aromatic rings. The Morgan fingerprint density at radius 1 is 1.53 bits per heavy atom. The van der Waals surface area contributed by atoms with Crippen molar-refractivity contribution in [3.63, 3.8) is 0 Å². The molecule has 1 N–H and O–H groups in total. The number of carbonyl (C=O) groups excluding carboxylic acids is 1. The normalized spacial score (nSPS) is 13.8. The van der Waals surface area contributed by atoms with E-state index in [2.05, 4.69) is 4.98 Å². The van der Waals surface area contributed by atoms with Crippen molar-refractivity contribution in [1.29, 1.82) is 0 Å². The van der Waals surface area contributed by atoms with E-state index in [0.29, 0.717) is 12.1 Å². The maximum atomic E-state index is 11.5. The highest BCUT2D eigenvalue weighted by Gasteiger charge is 2.09. The van der Waals surface area contributed by atoms with Gasteiger partial charge in [0, 0.05) is 23.2 Å². The van der Waals surface area contributed by atoms with Crippen LogP contribution < -0.4 is 4.74 Å². The molecular weight excluding hydrogens is 218 g/mol. The molecule has 90 valence electrons. The summed E-state index contributed by atoms with van der Waals surface area (Å²) >= 11 is 0. The van der Waals surface area contributed by atoms with Gasteiger partial charge in [0.15, 0.2) is 0 Å². The third-order valence-corrected chi connectivity index (χ3v) is 2.50. The van der Waals surface area contributed by atoms with E-state index < -0.39 is 7.04 Å². The predicted octanol–water partition coefficient (Wildman–Crippen LogP) is 2.28. The first-order valence-electron chi connectivity index (χ1n) is 6.83. The Balaban J connectivity index is 2.22. The summed E-state index contributed by atoms with van der Waals surface area (Å²) in [6, 6.07) is 4.88. The fourth-order valence-electron chi connectivity index (χ4n) is 1.74. The van der Waals surface area contributed by atoms with Crippen LogP contribution in [0.1, 0.15) is 16.6 Å². The van der Waals surface area contributed by atoms with Gasteiger partial charge in [-0.25, -0.2) is 0 Å². The average molecular weight is 236 g/mol. The Morgan fingerprint density at radius 2 is 2.41 bits per heavy atom. The smallest absolute Gasteiger partial charge is 0.310 e. The molecule has 0 atom stereocenters. The topological polar surface area (TPSA) is 51.3 Å². The van der Waals surface area contributed by atoms with Gasteiger partial charge in [-0.05, 0) is 24.6 Å². The van der Waals surface area contributed by atoms with E-state index in [1.165, 1.54) is 0 Å². The van der Waals surface area contributed by atoms with Crippen LogP contribution in [-0.2, 0) is 16.0 Å². The van der Waals surface area contributed by atoms with Gasteiger partial charge in [-0.3, -0.25) is 4.79 Å². The molecule has 2 rings (SSSR count). The monoisotopic (exact) mass is 236 g/mol. The first-order chi connectivity index (χ1) is 9.39. The standard InChI is InChI=1S/C13H15NO3/c1-3-17-13(15)6-9-8-14-12-7-10(16-2)4-5-11(9)12/h4-5,7-8,14H,3,6H2,1-2H3/i2D3. The van der Waals surface area contributed by atoms with Crippen LogP contribution in [0.5, 0.6) is 5.75 Å². The van der Waals surface area contributed by atoms with Gasteiger partial charge in [-0.15, -0.1) is 0 Å². The Hall–Kier alpha value is -1.97. The molecular formula is C13H15NO3. The summed E-state index contributed by atoms with van der Waals surface area (Å²) in [5.74, 6) is -0.0433. The number of benzene rings is 1. The second kappa shape index (κ2) is 4.91. The Morgan fingerprint density at radius 3 is 3.18 bits per heavy atom. The largest absolute Gasteiger partial charge is 0.497 e. The van der Waals surface area contributed by atoms with Crippen molar-refractivity contribution < 1.29 is 18.4 Å². The summed E-state index contributed by atoms with van der Waals surface area (Å²) in [5.41, 5.74) is 1.52. The molecule has 1 heterocycles. The number of fused-ring (bicyclic) bond motifs is 1. The summed E-state index contributed by atoms with van der Waals surface area (Å²) in [7, 11) is -2.48. The molecule has 0 amide bonds. The summed E-state index contributed by atoms with van der Waals surface area (Å²) in [4.78, 5) is 14.5. The number of aromatic nitrogens is 1. The number of esters is 1. The van der Waals surface area contributed by atoms with E-state index in [1.807, 2.05) is 0 Å². The van der Waals surface area contributed by atoms with Crippen LogP contribution in [0.25, 0.3) is 10.9 Å². The zero-order valence-corrected chi connectivity index (χ0v) is 9.45. The molecule has 0 saturated carbocycles. The van der Waals surface area contributed by atoms with Crippen LogP contribution in [0.15, 0.2) is 24.4 Å². The molecule has 0 spiro atoms. The lowest BCUT2D eigenvalue weighted by Gasteiger charge is -2.01. The zero-order chi connectivity index (χ0) is 14.8. The number of hydrogen-bond donors (Lipinski definition) is 1. The number of ether oxygens (including phenoxy) is 2. The highest BCUT2D eigenvalue weighted by atomic mass is 16.5. The molecule has 0 aliphatic rings. The van der Waals surface area contributed by atoms with Crippen molar-refractivity contribution in [3.8, 4) is 5.75 Å². The van der Waals surface area contributed by atoms with Crippen molar-refractivity contribution in [1.82, 2.24) is 4.98 Å². The fraction of sp³-hybridized carbons (Fsp3) is 0.308. The molecule has 0 unspecified atom stereocenters. The molecule has 1 aromatic heterocycles. The van der Waals surface area contributed by atoms with Crippen LogP contribution in [-0.4, -0.2) is 24.6 Å². The van der Waals surface area contributed by atoms with Gasteiger partial charge < -0.3 is 14.5 Å². The van der Waals surface area contributed by atoms with E-state index in [4.69, 9.17) is 13.6 Å². The predicted molar refractivity (Wildman–Crippen MR) is 65.2 cm³/mol. The number of aromatic amines is 1. The van der Waals surface area contributed by atoms with Crippen molar-refractivity contribution in [3.05, 3.63) is 30.0 Å². The van der Waals surface area contributed by atoms with Crippen LogP contribution >= 0.6 is 0 Å². The minimum atomic E-state index is -2.48. The summed E-state index contributed by atoms with van der Waals surface area (Å²) in [6.45, 7) is 2.10. The third-order valence-electron chi connectivity index (χ3n) is 2.50. The molecule has 17 heavy (non-hydrogen) atoms. The second-order valence-electron chi connectivity index (χ2n) is 3.61. The van der Waals surface area contributed by atoms with E-state index in [9.17, 15) is 4.79 Å². The molecule has 1 aromatic carbocycles. The van der Waals surface area contributed by atoms with Gasteiger partial charge >= 0.3 is 5.97 Å². The lowest BCUT2D eigenvalue weighted by atomic mass is 10.1. The second-order valence-corrected chi connectivity index (χ2v) is 3.61. The quantitative estimate of drug-likeness (QED) is 0.828. The highest BCUT2D eigenvalue weighted by Crippen LogP contribution is 2.23. The van der Waals surface area contributed by atoms with Crippen LogP contribution in [0.4, 0.5) is 0 Å². The van der Waals surface area contributed by atoms with E-state index >= 15 is 0 Å². The Labute approximate surface area is 104 Å². The molecule has 4 heteroatoms. The Bertz CT molecular complexity index is 619. The van der Waals surface area contributed by atoms with Crippen LogP contribution in [0, 0.1) is 0 Å². The summed E-state index contributed by atoms with van der Waals surface area (Å²) < 4.78 is 30.9.